The van der Waals surface area contributed by atoms with Crippen molar-refractivity contribution < 1.29 is 19.1 Å². The molecule has 1 fully saturated rings. The number of benzene rings is 1. The minimum absolute atomic E-state index is 0.00172. The number of rotatable bonds is 5. The second kappa shape index (κ2) is 8.13. The first-order valence-electron chi connectivity index (χ1n) is 8.41. The van der Waals surface area contributed by atoms with E-state index in [1.54, 1.807) is 17.0 Å². The molecule has 1 saturated carbocycles. The average molecular weight is 336 g/mol. The molecule has 5 nitrogen and oxygen atoms in total. The average Bonchev–Trinajstić information content (AvgIpc) is 2.52. The van der Waals surface area contributed by atoms with Crippen molar-refractivity contribution in [3.63, 3.8) is 0 Å². The molecule has 0 saturated heterocycles. The first kappa shape index (κ1) is 18.2. The fourth-order valence-electron chi connectivity index (χ4n) is 3.06. The van der Waals surface area contributed by atoms with Crippen molar-refractivity contribution in [2.75, 3.05) is 0 Å². The van der Waals surface area contributed by atoms with Gasteiger partial charge in [0, 0.05) is 18.6 Å². The van der Waals surface area contributed by atoms with Gasteiger partial charge in [-0.25, -0.2) is 9.18 Å². The fourth-order valence-corrected chi connectivity index (χ4v) is 3.06. The minimum atomic E-state index is -0.755. The number of nitrogens with zero attached hydrogens (tertiary/aromatic N) is 1. The van der Waals surface area contributed by atoms with Crippen LogP contribution in [0.4, 0.5) is 9.18 Å². The highest BCUT2D eigenvalue weighted by Gasteiger charge is 2.28. The third kappa shape index (κ3) is 4.94. The lowest BCUT2D eigenvalue weighted by atomic mass is 9.86. The Kier molecular flexibility index (Phi) is 6.17. The Bertz CT molecular complexity index is 583. The molecule has 0 atom stereocenters. The number of carboxylic acids is 1. The summed E-state index contributed by atoms with van der Waals surface area (Å²) in [5, 5.41) is 12.0. The van der Waals surface area contributed by atoms with E-state index < -0.39 is 5.97 Å². The topological polar surface area (TPSA) is 69.6 Å². The second-order valence-electron chi connectivity index (χ2n) is 6.69. The molecule has 2 N–H and O–H groups in total. The lowest BCUT2D eigenvalue weighted by Gasteiger charge is -2.32. The number of carbonyl (C=O) groups excluding carboxylic acids is 1. The molecule has 0 heterocycles. The number of halogens is 1. The quantitative estimate of drug-likeness (QED) is 0.866. The highest BCUT2D eigenvalue weighted by molar-refractivity contribution is 5.75. The van der Waals surface area contributed by atoms with E-state index >= 15 is 0 Å². The predicted molar refractivity (Wildman–Crippen MR) is 89.0 cm³/mol. The molecule has 0 aliphatic heterocycles. The highest BCUT2D eigenvalue weighted by atomic mass is 19.1. The molecule has 2 rings (SSSR count). The Morgan fingerprint density at radius 1 is 1.29 bits per heavy atom. The Hall–Kier alpha value is -2.11. The van der Waals surface area contributed by atoms with Crippen molar-refractivity contribution in [1.82, 2.24) is 10.2 Å². The Balaban J connectivity index is 1.93. The number of hydrogen-bond acceptors (Lipinski definition) is 2. The van der Waals surface area contributed by atoms with Gasteiger partial charge in [0.15, 0.2) is 0 Å². The van der Waals surface area contributed by atoms with E-state index in [4.69, 9.17) is 5.11 Å². The Morgan fingerprint density at radius 2 is 1.96 bits per heavy atom. The zero-order chi connectivity index (χ0) is 17.7. The summed E-state index contributed by atoms with van der Waals surface area (Å²) in [7, 11) is 0. The predicted octanol–water partition coefficient (Wildman–Crippen LogP) is 3.39. The summed E-state index contributed by atoms with van der Waals surface area (Å²) in [6.07, 6.45) is 2.53. The van der Waals surface area contributed by atoms with Crippen LogP contribution in [0, 0.1) is 11.7 Å². The third-order valence-corrected chi connectivity index (χ3v) is 4.53. The van der Waals surface area contributed by atoms with Crippen molar-refractivity contribution >= 4 is 12.0 Å². The molecule has 6 heteroatoms. The van der Waals surface area contributed by atoms with Gasteiger partial charge in [-0.2, -0.15) is 0 Å². The molecule has 24 heavy (non-hydrogen) atoms. The molecule has 132 valence electrons. The van der Waals surface area contributed by atoms with Gasteiger partial charge in [0.1, 0.15) is 5.82 Å². The van der Waals surface area contributed by atoms with Crippen LogP contribution in [0.25, 0.3) is 0 Å². The lowest BCUT2D eigenvalue weighted by molar-refractivity contribution is -0.142. The maximum atomic E-state index is 13.3. The van der Waals surface area contributed by atoms with Gasteiger partial charge in [0.05, 0.1) is 5.92 Å². The van der Waals surface area contributed by atoms with Crippen LogP contribution in [0.5, 0.6) is 0 Å². The van der Waals surface area contributed by atoms with Gasteiger partial charge in [-0.05, 0) is 57.2 Å². The largest absolute Gasteiger partial charge is 0.481 e. The van der Waals surface area contributed by atoms with Crippen molar-refractivity contribution in [3.8, 4) is 0 Å². The molecule has 1 aromatic carbocycles. The van der Waals surface area contributed by atoms with E-state index in [1.165, 1.54) is 12.1 Å². The second-order valence-corrected chi connectivity index (χ2v) is 6.69. The lowest BCUT2D eigenvalue weighted by Crippen LogP contribution is -2.48. The molecule has 0 radical (unpaired) electrons. The first-order chi connectivity index (χ1) is 11.4. The van der Waals surface area contributed by atoms with E-state index in [1.807, 2.05) is 13.8 Å². The van der Waals surface area contributed by atoms with Crippen LogP contribution < -0.4 is 5.32 Å². The summed E-state index contributed by atoms with van der Waals surface area (Å²) in [5.74, 6) is -1.37. The molecule has 1 aliphatic carbocycles. The molecule has 0 aromatic heterocycles. The van der Waals surface area contributed by atoms with Crippen LogP contribution in [0.1, 0.15) is 45.1 Å². The summed E-state index contributed by atoms with van der Waals surface area (Å²) in [5.41, 5.74) is 0.744. The molecule has 0 bridgehead atoms. The maximum absolute atomic E-state index is 13.3. The minimum Gasteiger partial charge on any atom is -0.481 e. The summed E-state index contributed by atoms with van der Waals surface area (Å²) < 4.78 is 13.3. The zero-order valence-corrected chi connectivity index (χ0v) is 14.2. The van der Waals surface area contributed by atoms with Crippen LogP contribution >= 0.6 is 0 Å². The van der Waals surface area contributed by atoms with Crippen molar-refractivity contribution in [2.24, 2.45) is 5.92 Å². The van der Waals surface area contributed by atoms with Gasteiger partial charge in [0.2, 0.25) is 0 Å². The molecule has 2 amide bonds. The summed E-state index contributed by atoms with van der Waals surface area (Å²) in [6, 6.07) is 6.03. The fraction of sp³-hybridized carbons (Fsp3) is 0.556. The van der Waals surface area contributed by atoms with E-state index in [2.05, 4.69) is 5.32 Å². The van der Waals surface area contributed by atoms with Crippen LogP contribution in [-0.2, 0) is 11.3 Å². The van der Waals surface area contributed by atoms with E-state index in [-0.39, 0.29) is 29.8 Å². The number of hydrogen-bond donors (Lipinski definition) is 2. The molecule has 0 spiro atoms. The van der Waals surface area contributed by atoms with Gasteiger partial charge in [0.25, 0.3) is 0 Å². The molecule has 1 aliphatic rings. The molecule has 1 aromatic rings. The van der Waals surface area contributed by atoms with Crippen LogP contribution in [0.3, 0.4) is 0 Å². The van der Waals surface area contributed by atoms with Crippen molar-refractivity contribution in [3.05, 3.63) is 35.6 Å². The van der Waals surface area contributed by atoms with Crippen molar-refractivity contribution in [2.45, 2.75) is 58.2 Å². The zero-order valence-electron chi connectivity index (χ0n) is 14.2. The third-order valence-electron chi connectivity index (χ3n) is 4.53. The smallest absolute Gasteiger partial charge is 0.318 e. The maximum Gasteiger partial charge on any atom is 0.318 e. The van der Waals surface area contributed by atoms with E-state index in [0.29, 0.717) is 32.2 Å². The first-order valence-corrected chi connectivity index (χ1v) is 8.41. The summed E-state index contributed by atoms with van der Waals surface area (Å²) in [6.45, 7) is 4.17. The number of urea groups is 1. The normalized spacial score (nSPS) is 20.7. The number of amides is 2. The number of nitrogens with one attached hydrogen (secondary N) is 1. The standard InChI is InChI=1S/C18H25FN2O3/c1-12(2)21(11-13-4-3-5-15(19)10-13)18(24)20-16-8-6-14(7-9-16)17(22)23/h3-5,10,12,14,16H,6-9,11H2,1-2H3,(H,20,24)(H,22,23). The number of aliphatic carboxylic acids is 1. The van der Waals surface area contributed by atoms with Gasteiger partial charge in [-0.1, -0.05) is 12.1 Å². The van der Waals surface area contributed by atoms with E-state index in [0.717, 1.165) is 5.56 Å². The Morgan fingerprint density at radius 3 is 2.50 bits per heavy atom. The number of carboxylic acid groups (broad SMARTS) is 1. The monoisotopic (exact) mass is 336 g/mol. The summed E-state index contributed by atoms with van der Waals surface area (Å²) in [4.78, 5) is 25.2. The van der Waals surface area contributed by atoms with E-state index in [9.17, 15) is 14.0 Å². The number of carbonyl (C=O) groups is 2. The molecule has 0 unspecified atom stereocenters. The van der Waals surface area contributed by atoms with Crippen LogP contribution in [0.2, 0.25) is 0 Å². The van der Waals surface area contributed by atoms with Gasteiger partial charge in [-0.3, -0.25) is 4.79 Å². The van der Waals surface area contributed by atoms with Crippen LogP contribution in [-0.4, -0.2) is 34.1 Å². The molecular weight excluding hydrogens is 311 g/mol. The molecular formula is C18H25FN2O3. The van der Waals surface area contributed by atoms with Gasteiger partial charge < -0.3 is 15.3 Å². The summed E-state index contributed by atoms with van der Waals surface area (Å²) >= 11 is 0. The van der Waals surface area contributed by atoms with Gasteiger partial charge in [-0.15, -0.1) is 0 Å². The van der Waals surface area contributed by atoms with Crippen LogP contribution in [0.15, 0.2) is 24.3 Å². The SMILES string of the molecule is CC(C)N(Cc1cccc(F)c1)C(=O)NC1CCC(C(=O)O)CC1. The van der Waals surface area contributed by atoms with Gasteiger partial charge >= 0.3 is 12.0 Å². The van der Waals surface area contributed by atoms with Crippen molar-refractivity contribution in [1.29, 1.82) is 0 Å². The highest BCUT2D eigenvalue weighted by Crippen LogP contribution is 2.24. The Labute approximate surface area is 141 Å².